The number of piperidine rings is 1. The molecule has 1 aromatic heterocycles. The van der Waals surface area contributed by atoms with Crippen LogP contribution in [0.4, 0.5) is 18.9 Å². The molecule has 220 valence electrons. The van der Waals surface area contributed by atoms with Gasteiger partial charge in [-0.1, -0.05) is 32.1 Å². The number of aryl methyl sites for hydroxylation is 1. The number of hydrogen-bond acceptors (Lipinski definition) is 5. The van der Waals surface area contributed by atoms with Crippen LogP contribution in [-0.4, -0.2) is 56.1 Å². The van der Waals surface area contributed by atoms with E-state index >= 15 is 0 Å². The number of amides is 1. The number of likely N-dealkylation sites (tertiary alicyclic amines) is 1. The van der Waals surface area contributed by atoms with Crippen molar-refractivity contribution in [1.82, 2.24) is 19.9 Å². The van der Waals surface area contributed by atoms with Crippen molar-refractivity contribution < 1.29 is 27.9 Å². The summed E-state index contributed by atoms with van der Waals surface area (Å²) >= 11 is 0. The first-order chi connectivity index (χ1) is 19.2. The van der Waals surface area contributed by atoms with Crippen molar-refractivity contribution in [1.29, 1.82) is 0 Å². The second-order valence-corrected chi connectivity index (χ2v) is 11.7. The van der Waals surface area contributed by atoms with Crippen LogP contribution in [0.3, 0.4) is 0 Å². The Hall–Kier alpha value is -3.89. The van der Waals surface area contributed by atoms with E-state index in [2.05, 4.69) is 15.6 Å². The van der Waals surface area contributed by atoms with Crippen LogP contribution in [0.25, 0.3) is 5.69 Å². The van der Waals surface area contributed by atoms with Gasteiger partial charge in [-0.05, 0) is 73.7 Å². The maximum atomic E-state index is 13.2. The smallest absolute Gasteiger partial charge is 0.389 e. The fourth-order valence-electron chi connectivity index (χ4n) is 5.00. The SMILES string of the molecule is Cc1cc(-n2cc(C(C)(C)C)nn2)ccc1C(CCC(F)(F)F)Nc1ccc(C(=O)N2CCC[C@@H](C(=O)O)C2)cc1. The Morgan fingerprint density at radius 2 is 1.83 bits per heavy atom. The number of rotatable bonds is 8. The molecule has 1 aliphatic rings. The van der Waals surface area contributed by atoms with Gasteiger partial charge in [0, 0.05) is 36.2 Å². The van der Waals surface area contributed by atoms with Gasteiger partial charge >= 0.3 is 12.1 Å². The van der Waals surface area contributed by atoms with Crippen LogP contribution in [0.5, 0.6) is 0 Å². The second-order valence-electron chi connectivity index (χ2n) is 11.7. The minimum absolute atomic E-state index is 0.162. The third-order valence-corrected chi connectivity index (χ3v) is 7.40. The number of hydrogen-bond donors (Lipinski definition) is 2. The monoisotopic (exact) mass is 571 g/mol. The number of anilines is 1. The quantitative estimate of drug-likeness (QED) is 0.329. The molecule has 1 unspecified atom stereocenters. The highest BCUT2D eigenvalue weighted by atomic mass is 19.4. The van der Waals surface area contributed by atoms with E-state index in [1.165, 1.54) is 0 Å². The summed E-state index contributed by atoms with van der Waals surface area (Å²) in [6.45, 7) is 8.62. The van der Waals surface area contributed by atoms with Gasteiger partial charge in [0.05, 0.1) is 29.5 Å². The summed E-state index contributed by atoms with van der Waals surface area (Å²) in [5.41, 5.74) is 3.92. The standard InChI is InChI=1S/C30H36F3N5O3/c1-19-16-23(38-18-26(35-36-38)29(2,3)4)11-12-24(19)25(13-14-30(31,32)33)34-22-9-7-20(8-10-22)27(39)37-15-5-6-21(17-37)28(40)41/h7-12,16,18,21,25,34H,5-6,13-15,17H2,1-4H3,(H,40,41)/t21-,25?/m1/s1. The Balaban J connectivity index is 1.53. The number of carbonyl (C=O) groups excluding carboxylic acids is 1. The summed E-state index contributed by atoms with van der Waals surface area (Å²) in [5, 5.41) is 21.0. The molecule has 8 nitrogen and oxygen atoms in total. The molecule has 2 heterocycles. The lowest BCUT2D eigenvalue weighted by molar-refractivity contribution is -0.143. The van der Waals surface area contributed by atoms with Gasteiger partial charge in [0.25, 0.3) is 5.91 Å². The zero-order valence-corrected chi connectivity index (χ0v) is 23.7. The van der Waals surface area contributed by atoms with Crippen molar-refractivity contribution in [2.45, 2.75) is 71.0 Å². The van der Waals surface area contributed by atoms with Gasteiger partial charge in [-0.15, -0.1) is 5.10 Å². The van der Waals surface area contributed by atoms with Gasteiger partial charge in [-0.2, -0.15) is 13.2 Å². The third-order valence-electron chi connectivity index (χ3n) is 7.40. The zero-order chi connectivity index (χ0) is 29.9. The number of halogens is 3. The Morgan fingerprint density at radius 1 is 1.12 bits per heavy atom. The molecule has 0 saturated carbocycles. The van der Waals surface area contributed by atoms with Crippen LogP contribution in [0.1, 0.15) is 79.7 Å². The van der Waals surface area contributed by atoms with Crippen molar-refractivity contribution in [3.8, 4) is 5.69 Å². The van der Waals surface area contributed by atoms with Gasteiger partial charge in [0.2, 0.25) is 0 Å². The molecule has 2 aromatic carbocycles. The maximum Gasteiger partial charge on any atom is 0.389 e. The molecule has 11 heteroatoms. The van der Waals surface area contributed by atoms with Crippen LogP contribution in [-0.2, 0) is 10.2 Å². The van der Waals surface area contributed by atoms with Crippen LogP contribution >= 0.6 is 0 Å². The van der Waals surface area contributed by atoms with Gasteiger partial charge in [0.15, 0.2) is 0 Å². The average Bonchev–Trinajstić information content (AvgIpc) is 3.42. The highest BCUT2D eigenvalue weighted by molar-refractivity contribution is 5.95. The number of benzene rings is 2. The van der Waals surface area contributed by atoms with E-state index < -0.39 is 30.5 Å². The molecule has 0 spiro atoms. The van der Waals surface area contributed by atoms with Gasteiger partial charge in [0.1, 0.15) is 0 Å². The molecule has 1 fully saturated rings. The lowest BCUT2D eigenvalue weighted by Gasteiger charge is -2.30. The predicted molar refractivity (Wildman–Crippen MR) is 149 cm³/mol. The molecule has 1 saturated heterocycles. The van der Waals surface area contributed by atoms with Crippen molar-refractivity contribution in [3.05, 3.63) is 71.0 Å². The van der Waals surface area contributed by atoms with Crippen LogP contribution in [0, 0.1) is 12.8 Å². The van der Waals surface area contributed by atoms with E-state index in [-0.39, 0.29) is 24.3 Å². The Morgan fingerprint density at radius 3 is 2.41 bits per heavy atom. The molecule has 0 aliphatic carbocycles. The first-order valence-corrected chi connectivity index (χ1v) is 13.7. The summed E-state index contributed by atoms with van der Waals surface area (Å²) in [6.07, 6.45) is -2.43. The van der Waals surface area contributed by atoms with E-state index in [0.717, 1.165) is 22.5 Å². The lowest BCUT2D eigenvalue weighted by Crippen LogP contribution is -2.42. The van der Waals surface area contributed by atoms with Crippen LogP contribution in [0.15, 0.2) is 48.7 Å². The van der Waals surface area contributed by atoms with Crippen LogP contribution < -0.4 is 5.32 Å². The van der Waals surface area contributed by atoms with E-state index in [9.17, 15) is 27.9 Å². The third kappa shape index (κ3) is 7.65. The first-order valence-electron chi connectivity index (χ1n) is 13.7. The zero-order valence-electron chi connectivity index (χ0n) is 23.7. The van der Waals surface area contributed by atoms with Gasteiger partial charge < -0.3 is 15.3 Å². The van der Waals surface area contributed by atoms with Gasteiger partial charge in [-0.3, -0.25) is 9.59 Å². The minimum atomic E-state index is -4.31. The number of carbonyl (C=O) groups is 2. The number of aliphatic carboxylic acids is 1. The predicted octanol–water partition coefficient (Wildman–Crippen LogP) is 6.31. The fraction of sp³-hybridized carbons (Fsp3) is 0.467. The molecule has 2 N–H and O–H groups in total. The molecule has 0 bridgehead atoms. The molecular weight excluding hydrogens is 535 g/mol. The van der Waals surface area contributed by atoms with E-state index in [1.54, 1.807) is 33.8 Å². The van der Waals surface area contributed by atoms with E-state index in [4.69, 9.17) is 0 Å². The second kappa shape index (κ2) is 11.9. The van der Waals surface area contributed by atoms with Crippen molar-refractivity contribution in [2.24, 2.45) is 5.92 Å². The minimum Gasteiger partial charge on any atom is -0.481 e. The number of alkyl halides is 3. The van der Waals surface area contributed by atoms with Gasteiger partial charge in [-0.25, -0.2) is 4.68 Å². The Kier molecular flexibility index (Phi) is 8.74. The number of carboxylic acids is 1. The summed E-state index contributed by atoms with van der Waals surface area (Å²) in [4.78, 5) is 25.9. The molecule has 41 heavy (non-hydrogen) atoms. The molecule has 3 aromatic rings. The number of nitrogens with one attached hydrogen (secondary N) is 1. The molecule has 1 amide bonds. The highest BCUT2D eigenvalue weighted by Crippen LogP contribution is 2.33. The molecule has 1 aliphatic heterocycles. The largest absolute Gasteiger partial charge is 0.481 e. The summed E-state index contributed by atoms with van der Waals surface area (Å²) in [7, 11) is 0. The average molecular weight is 572 g/mol. The number of aromatic nitrogens is 3. The normalized spacial score (nSPS) is 16.9. The number of carboxylic acid groups (broad SMARTS) is 1. The van der Waals surface area contributed by atoms with Crippen LogP contribution in [0.2, 0.25) is 0 Å². The van der Waals surface area contributed by atoms with E-state index in [0.29, 0.717) is 30.6 Å². The van der Waals surface area contributed by atoms with Crippen molar-refractivity contribution in [2.75, 3.05) is 18.4 Å². The fourth-order valence-corrected chi connectivity index (χ4v) is 5.00. The topological polar surface area (TPSA) is 100 Å². The molecular formula is C30H36F3N5O3. The highest BCUT2D eigenvalue weighted by Gasteiger charge is 2.30. The maximum absolute atomic E-state index is 13.2. The Bertz CT molecular complexity index is 1380. The molecule has 2 atom stereocenters. The number of nitrogens with zero attached hydrogens (tertiary/aromatic N) is 4. The van der Waals surface area contributed by atoms with Crippen molar-refractivity contribution >= 4 is 17.6 Å². The van der Waals surface area contributed by atoms with E-state index in [1.807, 2.05) is 52.1 Å². The summed E-state index contributed by atoms with van der Waals surface area (Å²) < 4.78 is 41.3. The summed E-state index contributed by atoms with van der Waals surface area (Å²) in [6, 6.07) is 11.4. The molecule has 0 radical (unpaired) electrons. The first kappa shape index (κ1) is 30.1. The molecule has 4 rings (SSSR count). The Labute approximate surface area is 237 Å². The lowest BCUT2D eigenvalue weighted by atomic mass is 9.93. The summed E-state index contributed by atoms with van der Waals surface area (Å²) in [5.74, 6) is -1.75. The van der Waals surface area contributed by atoms with Crippen molar-refractivity contribution in [3.63, 3.8) is 0 Å².